The molecular weight excluding hydrogens is 416 g/mol. The molecule has 1 aromatic rings. The van der Waals surface area contributed by atoms with Crippen molar-refractivity contribution in [2.75, 3.05) is 0 Å². The minimum absolute atomic E-state index is 0.199. The lowest BCUT2D eigenvalue weighted by atomic mass is 10.0. The Hall–Kier alpha value is -2.23. The highest BCUT2D eigenvalue weighted by Crippen LogP contribution is 2.43. The van der Waals surface area contributed by atoms with Gasteiger partial charge in [0, 0.05) is 16.5 Å². The highest BCUT2D eigenvalue weighted by molar-refractivity contribution is 6.32. The molecule has 1 aliphatic heterocycles. The fraction of sp³-hybridized carbons (Fsp3) is 0.429. The van der Waals surface area contributed by atoms with E-state index >= 15 is 0 Å². The molecule has 160 valence electrons. The molecule has 0 aromatic heterocycles. The van der Waals surface area contributed by atoms with Crippen LogP contribution in [0.25, 0.3) is 6.08 Å². The quantitative estimate of drug-likeness (QED) is 0.311. The zero-order chi connectivity index (χ0) is 21.7. The number of aliphatic hydroxyl groups is 4. The topological polar surface area (TPSA) is 134 Å². The van der Waals surface area contributed by atoms with Gasteiger partial charge in [0.25, 0.3) is 0 Å². The highest BCUT2D eigenvalue weighted by Gasteiger charge is 2.49. The van der Waals surface area contributed by atoms with Crippen LogP contribution in [0.15, 0.2) is 29.7 Å². The van der Waals surface area contributed by atoms with Gasteiger partial charge in [0.05, 0.1) is 5.92 Å². The van der Waals surface area contributed by atoms with E-state index < -0.39 is 48.2 Å². The number of Topliss-reactive ketones (excluding diaryl/α,β-unsaturated/α-hetero) is 1. The standard InChI is InChI=1S/C21H21ClO8/c1-8-2-9-4-10(5-14(22)11(9)3-8)16(23)12-6-13(12)20(27)29-7-15-17(24)18(25)19(26)21(28)30-15/h2,4-5,7,12-13,17-19,21,24-26,28H,3,6H2,1H3/b15-7+/t12-,13-,17-,18-,19+,21-/m0/s1. The van der Waals surface area contributed by atoms with Gasteiger partial charge in [-0.05, 0) is 43.0 Å². The molecule has 1 saturated carbocycles. The third-order valence-corrected chi connectivity index (χ3v) is 5.94. The normalized spacial score (nSPS) is 33.5. The third-order valence-electron chi connectivity index (χ3n) is 5.61. The number of ether oxygens (including phenoxy) is 2. The van der Waals surface area contributed by atoms with Crippen LogP contribution in [0.5, 0.6) is 0 Å². The first-order valence-electron chi connectivity index (χ1n) is 9.50. The summed E-state index contributed by atoms with van der Waals surface area (Å²) in [5, 5.41) is 38.9. The number of ketones is 1. The molecule has 1 aromatic carbocycles. The van der Waals surface area contributed by atoms with Crippen molar-refractivity contribution >= 4 is 29.4 Å². The molecule has 6 atom stereocenters. The molecule has 0 amide bonds. The average Bonchev–Trinajstić information content (AvgIpc) is 3.42. The fourth-order valence-electron chi connectivity index (χ4n) is 3.77. The summed E-state index contributed by atoms with van der Waals surface area (Å²) in [6.45, 7) is 1.99. The first-order valence-corrected chi connectivity index (χ1v) is 9.88. The van der Waals surface area contributed by atoms with Crippen LogP contribution in [0.3, 0.4) is 0 Å². The van der Waals surface area contributed by atoms with Crippen molar-refractivity contribution in [3.63, 3.8) is 0 Å². The minimum atomic E-state index is -1.77. The van der Waals surface area contributed by atoms with Gasteiger partial charge in [-0.2, -0.15) is 0 Å². The Labute approximate surface area is 177 Å². The van der Waals surface area contributed by atoms with Gasteiger partial charge in [-0.3, -0.25) is 9.59 Å². The minimum Gasteiger partial charge on any atom is -0.460 e. The van der Waals surface area contributed by atoms with Crippen LogP contribution in [0.1, 0.15) is 34.8 Å². The molecule has 2 fully saturated rings. The van der Waals surface area contributed by atoms with Crippen LogP contribution < -0.4 is 0 Å². The SMILES string of the molecule is CC1=Cc2cc(C(=O)[C@H]3C[C@@H]3C(=O)O/C=C3/O[C@H](O)[C@H](O)[C@@H](O)[C@H]3O)cc(Cl)c2C1. The first-order chi connectivity index (χ1) is 14.2. The number of rotatable bonds is 4. The van der Waals surface area contributed by atoms with Crippen LogP contribution in [0, 0.1) is 11.8 Å². The van der Waals surface area contributed by atoms with Crippen molar-refractivity contribution < 1.29 is 39.5 Å². The second kappa shape index (κ2) is 7.79. The van der Waals surface area contributed by atoms with Crippen LogP contribution in [-0.4, -0.2) is 56.8 Å². The largest absolute Gasteiger partial charge is 0.460 e. The number of esters is 1. The number of carbonyl (C=O) groups excluding carboxylic acids is 2. The summed E-state index contributed by atoms with van der Waals surface area (Å²) >= 11 is 6.31. The molecule has 1 heterocycles. The Morgan fingerprint density at radius 1 is 1.17 bits per heavy atom. The van der Waals surface area contributed by atoms with Crippen LogP contribution >= 0.6 is 11.6 Å². The number of fused-ring (bicyclic) bond motifs is 1. The fourth-order valence-corrected chi connectivity index (χ4v) is 4.07. The summed E-state index contributed by atoms with van der Waals surface area (Å²) in [6.07, 6.45) is -3.01. The third kappa shape index (κ3) is 3.77. The van der Waals surface area contributed by atoms with Crippen molar-refractivity contribution in [3.8, 4) is 0 Å². The smallest absolute Gasteiger partial charge is 0.314 e. The van der Waals surface area contributed by atoms with Crippen LogP contribution in [0.4, 0.5) is 0 Å². The van der Waals surface area contributed by atoms with E-state index in [1.165, 1.54) is 0 Å². The molecule has 0 radical (unpaired) electrons. The number of allylic oxidation sites excluding steroid dienone is 1. The molecular formula is C21H21ClO8. The van der Waals surface area contributed by atoms with Gasteiger partial charge in [0.15, 0.2) is 11.5 Å². The van der Waals surface area contributed by atoms with E-state index in [-0.39, 0.29) is 5.78 Å². The van der Waals surface area contributed by atoms with Crippen LogP contribution in [0.2, 0.25) is 5.02 Å². The summed E-state index contributed by atoms with van der Waals surface area (Å²) in [5.74, 6) is -2.49. The molecule has 4 N–H and O–H groups in total. The lowest BCUT2D eigenvalue weighted by Gasteiger charge is -2.33. The average molecular weight is 437 g/mol. The summed E-state index contributed by atoms with van der Waals surface area (Å²) in [6, 6.07) is 3.40. The van der Waals surface area contributed by atoms with Gasteiger partial charge in [-0.1, -0.05) is 23.3 Å². The van der Waals surface area contributed by atoms with Crippen molar-refractivity contribution in [3.05, 3.63) is 51.4 Å². The van der Waals surface area contributed by atoms with Gasteiger partial charge >= 0.3 is 5.97 Å². The lowest BCUT2D eigenvalue weighted by molar-refractivity contribution is -0.226. The van der Waals surface area contributed by atoms with Gasteiger partial charge in [0.1, 0.15) is 24.6 Å². The van der Waals surface area contributed by atoms with E-state index in [0.29, 0.717) is 17.0 Å². The van der Waals surface area contributed by atoms with E-state index in [1.807, 2.05) is 13.0 Å². The number of benzene rings is 1. The number of hydrogen-bond acceptors (Lipinski definition) is 8. The molecule has 0 bridgehead atoms. The second-order valence-electron chi connectivity index (χ2n) is 7.90. The summed E-state index contributed by atoms with van der Waals surface area (Å²) in [7, 11) is 0. The molecule has 8 nitrogen and oxygen atoms in total. The predicted octanol–water partition coefficient (Wildman–Crippen LogP) is 0.934. The van der Waals surface area contributed by atoms with Crippen molar-refractivity contribution in [1.29, 1.82) is 0 Å². The molecule has 0 unspecified atom stereocenters. The maximum absolute atomic E-state index is 12.8. The maximum Gasteiger partial charge on any atom is 0.314 e. The number of carbonyl (C=O) groups is 2. The zero-order valence-electron chi connectivity index (χ0n) is 16.0. The number of hydrogen-bond donors (Lipinski definition) is 4. The Balaban J connectivity index is 1.40. The molecule has 30 heavy (non-hydrogen) atoms. The molecule has 4 rings (SSSR count). The van der Waals surface area contributed by atoms with E-state index in [4.69, 9.17) is 21.1 Å². The Morgan fingerprint density at radius 2 is 1.90 bits per heavy atom. The molecule has 9 heteroatoms. The predicted molar refractivity (Wildman–Crippen MR) is 104 cm³/mol. The molecule has 0 spiro atoms. The van der Waals surface area contributed by atoms with Gasteiger partial charge in [-0.25, -0.2) is 0 Å². The number of aliphatic hydroxyl groups excluding tert-OH is 4. The van der Waals surface area contributed by atoms with E-state index in [0.717, 1.165) is 29.4 Å². The Kier molecular flexibility index (Phi) is 5.46. The summed E-state index contributed by atoms with van der Waals surface area (Å²) in [4.78, 5) is 25.0. The van der Waals surface area contributed by atoms with E-state index in [2.05, 4.69) is 0 Å². The van der Waals surface area contributed by atoms with Gasteiger partial charge in [0.2, 0.25) is 6.29 Å². The van der Waals surface area contributed by atoms with E-state index in [1.54, 1.807) is 12.1 Å². The van der Waals surface area contributed by atoms with Gasteiger partial charge in [-0.15, -0.1) is 0 Å². The Bertz CT molecular complexity index is 968. The number of halogens is 1. The van der Waals surface area contributed by atoms with Crippen LogP contribution in [-0.2, 0) is 20.7 Å². The van der Waals surface area contributed by atoms with E-state index in [9.17, 15) is 30.0 Å². The first kappa shape index (κ1) is 21.0. The zero-order valence-corrected chi connectivity index (χ0v) is 16.7. The highest BCUT2D eigenvalue weighted by atomic mass is 35.5. The monoisotopic (exact) mass is 436 g/mol. The van der Waals surface area contributed by atoms with Crippen molar-refractivity contribution in [1.82, 2.24) is 0 Å². The maximum atomic E-state index is 12.8. The van der Waals surface area contributed by atoms with Crippen molar-refractivity contribution in [2.24, 2.45) is 11.8 Å². The molecule has 2 aliphatic carbocycles. The lowest BCUT2D eigenvalue weighted by Crippen LogP contribution is -2.51. The van der Waals surface area contributed by atoms with Crippen molar-refractivity contribution in [2.45, 2.75) is 44.4 Å². The summed E-state index contributed by atoms with van der Waals surface area (Å²) in [5.41, 5.74) is 3.50. The molecule has 1 saturated heterocycles. The second-order valence-corrected chi connectivity index (χ2v) is 8.30. The summed E-state index contributed by atoms with van der Waals surface area (Å²) < 4.78 is 9.79. The van der Waals surface area contributed by atoms with Gasteiger partial charge < -0.3 is 29.9 Å². The molecule has 3 aliphatic rings. The Morgan fingerprint density at radius 3 is 2.63 bits per heavy atom.